The fourth-order valence-electron chi connectivity index (χ4n) is 1.21. The maximum absolute atomic E-state index is 10.9. The molecule has 2 aromatic heterocycles. The maximum atomic E-state index is 10.9. The van der Waals surface area contributed by atoms with Crippen LogP contribution in [0.3, 0.4) is 0 Å². The second kappa shape index (κ2) is 3.74. The van der Waals surface area contributed by atoms with E-state index in [4.69, 9.17) is 5.11 Å². The Morgan fingerprint density at radius 2 is 2.33 bits per heavy atom. The number of aromatic nitrogens is 3. The third-order valence-corrected chi connectivity index (χ3v) is 3.33. The van der Waals surface area contributed by atoms with Crippen molar-refractivity contribution in [1.82, 2.24) is 14.8 Å². The fraction of sp³-hybridized carbons (Fsp3) is 0.125. The maximum Gasteiger partial charge on any atom is 0.339 e. The van der Waals surface area contributed by atoms with Gasteiger partial charge < -0.3 is 5.11 Å². The Hall–Kier alpha value is -1.21. The van der Waals surface area contributed by atoms with Gasteiger partial charge in [0.1, 0.15) is 16.3 Å². The molecule has 1 N–H and O–H groups in total. The molecule has 78 valence electrons. The molecule has 0 saturated heterocycles. The van der Waals surface area contributed by atoms with Gasteiger partial charge in [0.2, 0.25) is 0 Å². The minimum atomic E-state index is -0.996. The van der Waals surface area contributed by atoms with Crippen molar-refractivity contribution in [2.75, 3.05) is 0 Å². The minimum Gasteiger partial charge on any atom is -0.478 e. The van der Waals surface area contributed by atoms with Crippen molar-refractivity contribution in [3.05, 3.63) is 21.7 Å². The summed E-state index contributed by atoms with van der Waals surface area (Å²) in [6, 6.07) is 0. The quantitative estimate of drug-likeness (QED) is 0.917. The van der Waals surface area contributed by atoms with Crippen LogP contribution in [0.25, 0.3) is 10.7 Å². The molecule has 2 rings (SSSR count). The van der Waals surface area contributed by atoms with Crippen molar-refractivity contribution in [2.45, 2.75) is 0 Å². The molecule has 15 heavy (non-hydrogen) atoms. The molecule has 2 aromatic rings. The van der Waals surface area contributed by atoms with Crippen LogP contribution in [-0.2, 0) is 7.05 Å². The van der Waals surface area contributed by atoms with Crippen LogP contribution >= 0.6 is 27.3 Å². The number of rotatable bonds is 2. The first-order valence-electron chi connectivity index (χ1n) is 3.96. The third kappa shape index (κ3) is 1.80. The van der Waals surface area contributed by atoms with E-state index < -0.39 is 5.97 Å². The highest BCUT2D eigenvalue weighted by atomic mass is 79.9. The van der Waals surface area contributed by atoms with Crippen molar-refractivity contribution in [3.8, 4) is 10.7 Å². The number of hydrogen-bond acceptors (Lipinski definition) is 4. The molecule has 0 fully saturated rings. The van der Waals surface area contributed by atoms with Crippen LogP contribution < -0.4 is 0 Å². The van der Waals surface area contributed by atoms with Gasteiger partial charge >= 0.3 is 5.97 Å². The van der Waals surface area contributed by atoms with Gasteiger partial charge in [0.25, 0.3) is 0 Å². The SMILES string of the molecule is Cn1ncc(C(=O)O)c1-c1ncc(Br)s1. The molecule has 5 nitrogen and oxygen atoms in total. The summed E-state index contributed by atoms with van der Waals surface area (Å²) < 4.78 is 2.37. The van der Waals surface area contributed by atoms with Gasteiger partial charge in [-0.25, -0.2) is 9.78 Å². The van der Waals surface area contributed by atoms with Gasteiger partial charge in [-0.3, -0.25) is 4.68 Å². The van der Waals surface area contributed by atoms with E-state index in [9.17, 15) is 4.79 Å². The monoisotopic (exact) mass is 287 g/mol. The van der Waals surface area contributed by atoms with E-state index in [1.807, 2.05) is 0 Å². The Labute approximate surface area is 97.5 Å². The summed E-state index contributed by atoms with van der Waals surface area (Å²) in [7, 11) is 1.69. The summed E-state index contributed by atoms with van der Waals surface area (Å²) in [6.45, 7) is 0. The van der Waals surface area contributed by atoms with Crippen molar-refractivity contribution >= 4 is 33.2 Å². The number of aryl methyl sites for hydroxylation is 1. The van der Waals surface area contributed by atoms with E-state index in [1.165, 1.54) is 22.2 Å². The van der Waals surface area contributed by atoms with Gasteiger partial charge in [0.05, 0.1) is 16.2 Å². The van der Waals surface area contributed by atoms with Crippen molar-refractivity contribution in [3.63, 3.8) is 0 Å². The molecule has 0 saturated carbocycles. The molecule has 0 amide bonds. The number of hydrogen-bond donors (Lipinski definition) is 1. The fourth-order valence-corrected chi connectivity index (χ4v) is 2.51. The average Bonchev–Trinajstić information content (AvgIpc) is 2.71. The third-order valence-electron chi connectivity index (χ3n) is 1.85. The normalized spacial score (nSPS) is 10.5. The summed E-state index contributed by atoms with van der Waals surface area (Å²) in [4.78, 5) is 15.0. The lowest BCUT2D eigenvalue weighted by Gasteiger charge is -1.98. The van der Waals surface area contributed by atoms with Crippen LogP contribution in [0.1, 0.15) is 10.4 Å². The molecule has 0 aromatic carbocycles. The summed E-state index contributed by atoms with van der Waals surface area (Å²) in [5.74, 6) is -0.996. The van der Waals surface area contributed by atoms with E-state index in [0.29, 0.717) is 10.7 Å². The van der Waals surface area contributed by atoms with Crippen LogP contribution in [0.5, 0.6) is 0 Å². The van der Waals surface area contributed by atoms with E-state index in [2.05, 4.69) is 26.0 Å². The number of carboxylic acid groups (broad SMARTS) is 1. The van der Waals surface area contributed by atoms with E-state index >= 15 is 0 Å². The number of nitrogens with zero attached hydrogens (tertiary/aromatic N) is 3. The number of aromatic carboxylic acids is 1. The van der Waals surface area contributed by atoms with E-state index in [-0.39, 0.29) is 5.56 Å². The number of carbonyl (C=O) groups is 1. The highest BCUT2D eigenvalue weighted by Gasteiger charge is 2.18. The number of halogens is 1. The smallest absolute Gasteiger partial charge is 0.339 e. The molecule has 0 aliphatic rings. The van der Waals surface area contributed by atoms with E-state index in [0.717, 1.165) is 3.79 Å². The molecular weight excluding hydrogens is 282 g/mol. The Kier molecular flexibility index (Phi) is 2.57. The predicted octanol–water partition coefficient (Wildman–Crippen LogP) is 2.00. The Morgan fingerprint density at radius 3 is 2.87 bits per heavy atom. The Balaban J connectivity index is 2.60. The molecule has 2 heterocycles. The van der Waals surface area contributed by atoms with Crippen molar-refractivity contribution in [1.29, 1.82) is 0 Å². The molecular formula is C8H6BrN3O2S. The summed E-state index contributed by atoms with van der Waals surface area (Å²) in [5.41, 5.74) is 0.692. The van der Waals surface area contributed by atoms with E-state index in [1.54, 1.807) is 13.2 Å². The first kappa shape index (κ1) is 10.3. The number of carboxylic acids is 1. The van der Waals surface area contributed by atoms with Crippen LogP contribution in [0.2, 0.25) is 0 Å². The largest absolute Gasteiger partial charge is 0.478 e. The minimum absolute atomic E-state index is 0.166. The molecule has 0 aliphatic carbocycles. The lowest BCUT2D eigenvalue weighted by atomic mass is 10.2. The first-order chi connectivity index (χ1) is 7.09. The summed E-state index contributed by atoms with van der Waals surface area (Å²) in [6.07, 6.45) is 2.96. The zero-order valence-electron chi connectivity index (χ0n) is 7.64. The summed E-state index contributed by atoms with van der Waals surface area (Å²) >= 11 is 4.66. The predicted molar refractivity (Wildman–Crippen MR) is 59.0 cm³/mol. The molecule has 0 bridgehead atoms. The lowest BCUT2D eigenvalue weighted by molar-refractivity contribution is 0.0697. The van der Waals surface area contributed by atoms with Crippen molar-refractivity contribution < 1.29 is 9.90 Å². The molecule has 0 radical (unpaired) electrons. The first-order valence-corrected chi connectivity index (χ1v) is 5.57. The lowest BCUT2D eigenvalue weighted by Crippen LogP contribution is -2.00. The average molecular weight is 288 g/mol. The van der Waals surface area contributed by atoms with Gasteiger partial charge in [0.15, 0.2) is 0 Å². The molecule has 0 atom stereocenters. The Morgan fingerprint density at radius 1 is 1.60 bits per heavy atom. The molecule has 0 aliphatic heterocycles. The van der Waals surface area contributed by atoms with Crippen LogP contribution in [-0.4, -0.2) is 25.8 Å². The molecule has 0 spiro atoms. The van der Waals surface area contributed by atoms with Crippen LogP contribution in [0.4, 0.5) is 0 Å². The van der Waals surface area contributed by atoms with Crippen LogP contribution in [0.15, 0.2) is 16.2 Å². The van der Waals surface area contributed by atoms with Crippen LogP contribution in [0, 0.1) is 0 Å². The van der Waals surface area contributed by atoms with Gasteiger partial charge in [-0.1, -0.05) is 0 Å². The van der Waals surface area contributed by atoms with Gasteiger partial charge in [-0.05, 0) is 15.9 Å². The van der Waals surface area contributed by atoms with Gasteiger partial charge in [0, 0.05) is 7.05 Å². The number of thiazole rings is 1. The molecule has 0 unspecified atom stereocenters. The topological polar surface area (TPSA) is 68.0 Å². The molecule has 7 heteroatoms. The highest BCUT2D eigenvalue weighted by molar-refractivity contribution is 9.11. The highest BCUT2D eigenvalue weighted by Crippen LogP contribution is 2.30. The zero-order valence-corrected chi connectivity index (χ0v) is 10.0. The zero-order chi connectivity index (χ0) is 11.0. The standard InChI is InChI=1S/C8H6BrN3O2S/c1-12-6(4(2-11-12)8(13)14)7-10-3-5(9)15-7/h2-3H,1H3,(H,13,14). The van der Waals surface area contributed by atoms with Crippen molar-refractivity contribution in [2.24, 2.45) is 7.05 Å². The van der Waals surface area contributed by atoms with Gasteiger partial charge in [-0.2, -0.15) is 5.10 Å². The second-order valence-corrected chi connectivity index (χ2v) is 5.22. The Bertz CT molecular complexity index is 520. The van der Waals surface area contributed by atoms with Gasteiger partial charge in [-0.15, -0.1) is 11.3 Å². The second-order valence-electron chi connectivity index (χ2n) is 2.81. The summed E-state index contributed by atoms with van der Waals surface area (Å²) in [5, 5.41) is 13.5.